The average Bonchev–Trinajstić information content (AvgIpc) is 2.56. The van der Waals surface area contributed by atoms with Gasteiger partial charge in [-0.15, -0.1) is 0 Å². The number of amides is 1. The summed E-state index contributed by atoms with van der Waals surface area (Å²) in [5.41, 5.74) is 2.57. The van der Waals surface area contributed by atoms with Crippen molar-refractivity contribution in [2.45, 2.75) is 0 Å². The third-order valence-electron chi connectivity index (χ3n) is 2.88. The Kier molecular flexibility index (Phi) is 6.28. The van der Waals surface area contributed by atoms with Gasteiger partial charge in [-0.05, 0) is 18.2 Å². The van der Waals surface area contributed by atoms with E-state index < -0.39 is 5.91 Å². The summed E-state index contributed by atoms with van der Waals surface area (Å²) >= 11 is 11.8. The smallest absolute Gasteiger partial charge is 0.277 e. The highest BCUT2D eigenvalue weighted by atomic mass is 35.5. The highest BCUT2D eigenvalue weighted by Gasteiger charge is 2.09. The number of benzene rings is 2. The van der Waals surface area contributed by atoms with Crippen molar-refractivity contribution in [2.24, 2.45) is 5.10 Å². The van der Waals surface area contributed by atoms with Gasteiger partial charge in [0.25, 0.3) is 5.91 Å². The van der Waals surface area contributed by atoms with E-state index in [0.717, 1.165) is 0 Å². The molecule has 0 unspecified atom stereocenters. The number of aromatic hydroxyl groups is 1. The Balaban J connectivity index is 1.93. The lowest BCUT2D eigenvalue weighted by Crippen LogP contribution is -2.24. The molecule has 8 heteroatoms. The number of nitrogens with zero attached hydrogens (tertiary/aromatic N) is 1. The number of halogens is 2. The fraction of sp³-hybridized carbons (Fsp3) is 0.125. The highest BCUT2D eigenvalue weighted by molar-refractivity contribution is 6.32. The summed E-state index contributed by atoms with van der Waals surface area (Å²) in [4.78, 5) is 11.7. The van der Waals surface area contributed by atoms with E-state index in [1.165, 1.54) is 25.5 Å². The van der Waals surface area contributed by atoms with Gasteiger partial charge in [0.2, 0.25) is 0 Å². The standard InChI is InChI=1S/C16H14Cl2N2O4/c1-23-14-7-11(17)6-10(16(14)22)8-19-20-15(21)9-24-13-5-3-2-4-12(13)18/h2-8,22H,9H2,1H3,(H,20,21). The molecule has 2 N–H and O–H groups in total. The second kappa shape index (κ2) is 8.42. The lowest BCUT2D eigenvalue weighted by Gasteiger charge is -2.07. The van der Waals surface area contributed by atoms with Crippen LogP contribution < -0.4 is 14.9 Å². The van der Waals surface area contributed by atoms with Gasteiger partial charge >= 0.3 is 0 Å². The molecule has 0 heterocycles. The Bertz CT molecular complexity index is 766. The molecule has 0 saturated carbocycles. The highest BCUT2D eigenvalue weighted by Crippen LogP contribution is 2.32. The number of hydrazone groups is 1. The third-order valence-corrected chi connectivity index (χ3v) is 3.41. The van der Waals surface area contributed by atoms with Crippen LogP contribution in [-0.4, -0.2) is 30.9 Å². The first kappa shape index (κ1) is 17.9. The molecular weight excluding hydrogens is 355 g/mol. The van der Waals surface area contributed by atoms with Gasteiger partial charge in [0, 0.05) is 16.7 Å². The Labute approximate surface area is 148 Å². The molecule has 0 aliphatic carbocycles. The minimum absolute atomic E-state index is 0.132. The molecule has 0 saturated heterocycles. The van der Waals surface area contributed by atoms with E-state index in [0.29, 0.717) is 21.4 Å². The molecule has 0 bridgehead atoms. The Morgan fingerprint density at radius 2 is 2.04 bits per heavy atom. The van der Waals surface area contributed by atoms with Gasteiger partial charge in [-0.3, -0.25) is 4.79 Å². The predicted molar refractivity (Wildman–Crippen MR) is 92.4 cm³/mol. The van der Waals surface area contributed by atoms with Crippen LogP contribution >= 0.6 is 23.2 Å². The van der Waals surface area contributed by atoms with Gasteiger partial charge in [-0.1, -0.05) is 35.3 Å². The van der Waals surface area contributed by atoms with Crippen molar-refractivity contribution >= 4 is 35.3 Å². The lowest BCUT2D eigenvalue weighted by atomic mass is 10.2. The number of hydrogen-bond acceptors (Lipinski definition) is 5. The Morgan fingerprint density at radius 1 is 1.29 bits per heavy atom. The number of ether oxygens (including phenoxy) is 2. The number of para-hydroxylation sites is 1. The van der Waals surface area contributed by atoms with Gasteiger partial charge < -0.3 is 14.6 Å². The zero-order valence-electron chi connectivity index (χ0n) is 12.6. The molecule has 0 aliphatic rings. The molecule has 0 fully saturated rings. The molecule has 6 nitrogen and oxygen atoms in total. The SMILES string of the molecule is COc1cc(Cl)cc(C=NNC(=O)COc2ccccc2Cl)c1O. The normalized spacial score (nSPS) is 10.6. The van der Waals surface area contributed by atoms with Crippen molar-refractivity contribution in [1.82, 2.24) is 5.43 Å². The van der Waals surface area contributed by atoms with Crippen molar-refractivity contribution in [3.05, 3.63) is 52.0 Å². The van der Waals surface area contributed by atoms with Crippen LogP contribution in [-0.2, 0) is 4.79 Å². The number of carbonyl (C=O) groups excluding carboxylic acids is 1. The largest absolute Gasteiger partial charge is 0.504 e. The van der Waals surface area contributed by atoms with Crippen molar-refractivity contribution in [3.63, 3.8) is 0 Å². The monoisotopic (exact) mass is 368 g/mol. The van der Waals surface area contributed by atoms with Gasteiger partial charge in [0.05, 0.1) is 18.3 Å². The zero-order valence-corrected chi connectivity index (χ0v) is 14.1. The maximum Gasteiger partial charge on any atom is 0.277 e. The van der Waals surface area contributed by atoms with Crippen LogP contribution in [0.15, 0.2) is 41.5 Å². The molecule has 1 amide bonds. The zero-order chi connectivity index (χ0) is 17.5. The summed E-state index contributed by atoms with van der Waals surface area (Å²) in [6.45, 7) is -0.258. The molecule has 0 spiro atoms. The van der Waals surface area contributed by atoms with Crippen molar-refractivity contribution < 1.29 is 19.4 Å². The van der Waals surface area contributed by atoms with Crippen molar-refractivity contribution in [1.29, 1.82) is 0 Å². The number of phenolic OH excluding ortho intramolecular Hbond substituents is 1. The quantitative estimate of drug-likeness (QED) is 0.605. The number of carbonyl (C=O) groups is 1. The molecule has 0 aromatic heterocycles. The van der Waals surface area contributed by atoms with E-state index in [4.69, 9.17) is 32.7 Å². The van der Waals surface area contributed by atoms with Crippen LogP contribution in [0.3, 0.4) is 0 Å². The second-order valence-electron chi connectivity index (χ2n) is 4.56. The number of rotatable bonds is 6. The molecular formula is C16H14Cl2N2O4. The minimum Gasteiger partial charge on any atom is -0.504 e. The van der Waals surface area contributed by atoms with Crippen molar-refractivity contribution in [2.75, 3.05) is 13.7 Å². The maximum atomic E-state index is 11.7. The molecule has 0 aliphatic heterocycles. The van der Waals surface area contributed by atoms with Gasteiger partial charge in [-0.2, -0.15) is 5.10 Å². The van der Waals surface area contributed by atoms with Crippen LogP contribution in [0.1, 0.15) is 5.56 Å². The molecule has 24 heavy (non-hydrogen) atoms. The van der Waals surface area contributed by atoms with Crippen LogP contribution in [0.5, 0.6) is 17.2 Å². The first-order valence-electron chi connectivity index (χ1n) is 6.77. The minimum atomic E-state index is -0.486. The van der Waals surface area contributed by atoms with Gasteiger partial charge in [0.1, 0.15) is 5.75 Å². The number of hydrogen-bond donors (Lipinski definition) is 2. The number of methoxy groups -OCH3 is 1. The van der Waals surface area contributed by atoms with E-state index in [-0.39, 0.29) is 18.1 Å². The van der Waals surface area contributed by atoms with E-state index in [2.05, 4.69) is 10.5 Å². The molecule has 126 valence electrons. The van der Waals surface area contributed by atoms with Crippen LogP contribution in [0.4, 0.5) is 0 Å². The molecule has 0 atom stereocenters. The van der Waals surface area contributed by atoms with E-state index in [1.807, 2.05) is 0 Å². The first-order chi connectivity index (χ1) is 11.5. The second-order valence-corrected chi connectivity index (χ2v) is 5.40. The van der Waals surface area contributed by atoms with E-state index >= 15 is 0 Å². The fourth-order valence-electron chi connectivity index (χ4n) is 1.76. The summed E-state index contributed by atoms with van der Waals surface area (Å²) in [5, 5.41) is 14.4. The van der Waals surface area contributed by atoms with Gasteiger partial charge in [-0.25, -0.2) is 5.43 Å². The Hall–Kier alpha value is -2.44. The maximum absolute atomic E-state index is 11.7. The number of nitrogens with one attached hydrogen (secondary N) is 1. The number of phenols is 1. The summed E-state index contributed by atoms with van der Waals surface area (Å²) in [6.07, 6.45) is 1.25. The van der Waals surface area contributed by atoms with E-state index in [1.54, 1.807) is 24.3 Å². The fourth-order valence-corrected chi connectivity index (χ4v) is 2.17. The summed E-state index contributed by atoms with van der Waals surface area (Å²) in [7, 11) is 1.40. The first-order valence-corrected chi connectivity index (χ1v) is 7.52. The van der Waals surface area contributed by atoms with Crippen LogP contribution in [0.25, 0.3) is 0 Å². The van der Waals surface area contributed by atoms with Crippen molar-refractivity contribution in [3.8, 4) is 17.2 Å². The summed E-state index contributed by atoms with van der Waals surface area (Å²) in [5.74, 6) is -0.0142. The Morgan fingerprint density at radius 3 is 2.75 bits per heavy atom. The predicted octanol–water partition coefficient (Wildman–Crippen LogP) is 3.24. The average molecular weight is 369 g/mol. The molecule has 2 rings (SSSR count). The molecule has 2 aromatic rings. The topological polar surface area (TPSA) is 80.2 Å². The van der Waals surface area contributed by atoms with E-state index in [9.17, 15) is 9.90 Å². The summed E-state index contributed by atoms with van der Waals surface area (Å²) < 4.78 is 10.2. The summed E-state index contributed by atoms with van der Waals surface area (Å²) in [6, 6.07) is 9.74. The van der Waals surface area contributed by atoms with Crippen LogP contribution in [0.2, 0.25) is 10.0 Å². The van der Waals surface area contributed by atoms with Crippen LogP contribution in [0, 0.1) is 0 Å². The van der Waals surface area contributed by atoms with Gasteiger partial charge in [0.15, 0.2) is 18.1 Å². The molecule has 0 radical (unpaired) electrons. The molecule has 2 aromatic carbocycles. The lowest BCUT2D eigenvalue weighted by molar-refractivity contribution is -0.123. The third kappa shape index (κ3) is 4.78.